The molecule has 3 N–H and O–H groups in total. The Kier molecular flexibility index (Phi) is 3.94. The summed E-state index contributed by atoms with van der Waals surface area (Å²) < 4.78 is 29.0. The van der Waals surface area contributed by atoms with Crippen molar-refractivity contribution in [1.29, 1.82) is 0 Å². The van der Waals surface area contributed by atoms with E-state index in [4.69, 9.17) is 17.3 Å². The number of nitrogens with two attached hydrogens (primary N) is 1. The summed E-state index contributed by atoms with van der Waals surface area (Å²) in [5.41, 5.74) is 6.03. The van der Waals surface area contributed by atoms with E-state index in [0.29, 0.717) is 21.6 Å². The Hall–Kier alpha value is -2.58. The maximum atomic E-state index is 12.6. The van der Waals surface area contributed by atoms with Crippen molar-refractivity contribution >= 4 is 44.1 Å². The van der Waals surface area contributed by atoms with Crippen LogP contribution in [0.4, 0.5) is 5.69 Å². The number of aryl methyl sites for hydroxylation is 1. The summed E-state index contributed by atoms with van der Waals surface area (Å²) >= 11 is 6.10. The first kappa shape index (κ1) is 16.3. The van der Waals surface area contributed by atoms with Crippen molar-refractivity contribution < 1.29 is 13.2 Å². The molecule has 3 rings (SSSR count). The van der Waals surface area contributed by atoms with Gasteiger partial charge in [0, 0.05) is 24.8 Å². The molecule has 0 fully saturated rings. The Labute approximate surface area is 143 Å². The van der Waals surface area contributed by atoms with Crippen LogP contribution < -0.4 is 10.5 Å². The average molecular weight is 365 g/mol. The molecule has 2 heterocycles. The topological polar surface area (TPSA) is 107 Å². The zero-order valence-electron chi connectivity index (χ0n) is 12.5. The van der Waals surface area contributed by atoms with Crippen LogP contribution >= 0.6 is 11.6 Å². The van der Waals surface area contributed by atoms with Crippen molar-refractivity contribution in [2.24, 2.45) is 12.8 Å². The fraction of sp³-hybridized carbons (Fsp3) is 0.0667. The lowest BCUT2D eigenvalue weighted by Crippen LogP contribution is -2.14. The number of hydrogen-bond donors (Lipinski definition) is 2. The molecule has 7 nitrogen and oxygen atoms in total. The Bertz CT molecular complexity index is 1060. The lowest BCUT2D eigenvalue weighted by molar-refractivity contribution is 0.0992. The number of nitrogens with zero attached hydrogens (tertiary/aromatic N) is 2. The molecule has 1 amide bonds. The molecule has 3 aromatic rings. The summed E-state index contributed by atoms with van der Waals surface area (Å²) in [6.07, 6.45) is 2.86. The van der Waals surface area contributed by atoms with Crippen LogP contribution in [0.5, 0.6) is 0 Å². The van der Waals surface area contributed by atoms with Crippen LogP contribution in [0, 0.1) is 0 Å². The number of hydrogen-bond acceptors (Lipinski definition) is 4. The van der Waals surface area contributed by atoms with Crippen molar-refractivity contribution in [1.82, 2.24) is 9.55 Å². The van der Waals surface area contributed by atoms with Gasteiger partial charge in [-0.25, -0.2) is 8.42 Å². The molecular formula is C15H13ClN4O3S. The number of amides is 1. The van der Waals surface area contributed by atoms with Crippen molar-refractivity contribution in [2.45, 2.75) is 4.90 Å². The largest absolute Gasteiger partial charge is 0.364 e. The number of fused-ring (bicyclic) bond motifs is 1. The maximum absolute atomic E-state index is 12.6. The van der Waals surface area contributed by atoms with Gasteiger partial charge in [0.05, 0.1) is 16.2 Å². The van der Waals surface area contributed by atoms with Gasteiger partial charge < -0.3 is 10.3 Å². The van der Waals surface area contributed by atoms with Crippen LogP contribution in [-0.4, -0.2) is 23.9 Å². The van der Waals surface area contributed by atoms with Gasteiger partial charge in [-0.2, -0.15) is 0 Å². The van der Waals surface area contributed by atoms with E-state index < -0.39 is 15.9 Å². The van der Waals surface area contributed by atoms with Gasteiger partial charge in [0.1, 0.15) is 10.6 Å². The normalized spacial score (nSPS) is 11.6. The van der Waals surface area contributed by atoms with E-state index >= 15 is 0 Å². The number of pyridine rings is 1. The Morgan fingerprint density at radius 2 is 2.08 bits per heavy atom. The molecule has 1 aromatic carbocycles. The Balaban J connectivity index is 2.06. The van der Waals surface area contributed by atoms with Gasteiger partial charge in [0.2, 0.25) is 0 Å². The van der Waals surface area contributed by atoms with Gasteiger partial charge in [-0.15, -0.1) is 0 Å². The number of halogens is 1. The smallest absolute Gasteiger partial charge is 0.265 e. The van der Waals surface area contributed by atoms with Crippen molar-refractivity contribution in [2.75, 3.05) is 4.72 Å². The minimum atomic E-state index is -3.91. The molecule has 24 heavy (non-hydrogen) atoms. The third-order valence-corrected chi connectivity index (χ3v) is 5.17. The van der Waals surface area contributed by atoms with E-state index in [9.17, 15) is 13.2 Å². The van der Waals surface area contributed by atoms with Crippen LogP contribution in [0.15, 0.2) is 47.6 Å². The van der Waals surface area contributed by atoms with Crippen molar-refractivity contribution in [3.8, 4) is 0 Å². The van der Waals surface area contributed by atoms with E-state index in [1.54, 1.807) is 31.4 Å². The standard InChI is InChI=1S/C15H13ClN4O3S/c1-20-8-9(7-13(20)15(17)21)24(22,23)19-12-5-4-11(16)10-3-2-6-18-14(10)12/h2-8,19H,1H3,(H2,17,21). The predicted molar refractivity (Wildman–Crippen MR) is 91.5 cm³/mol. The number of benzene rings is 1. The molecule has 0 radical (unpaired) electrons. The molecule has 0 spiro atoms. The maximum Gasteiger partial charge on any atom is 0.265 e. The molecule has 0 aliphatic heterocycles. The second kappa shape index (κ2) is 5.81. The predicted octanol–water partition coefficient (Wildman–Crippen LogP) is 2.13. The highest BCUT2D eigenvalue weighted by Gasteiger charge is 2.21. The van der Waals surface area contributed by atoms with Gasteiger partial charge in [-0.05, 0) is 30.3 Å². The van der Waals surface area contributed by atoms with Crippen molar-refractivity contribution in [3.05, 3.63) is 53.4 Å². The molecule has 0 unspecified atom stereocenters. The zero-order valence-corrected chi connectivity index (χ0v) is 14.1. The third-order valence-electron chi connectivity index (χ3n) is 3.50. The molecule has 9 heteroatoms. The average Bonchev–Trinajstić information content (AvgIpc) is 2.93. The summed E-state index contributed by atoms with van der Waals surface area (Å²) in [4.78, 5) is 15.4. The molecule has 0 saturated carbocycles. The molecule has 124 valence electrons. The number of nitrogens with one attached hydrogen (secondary N) is 1. The molecule has 2 aromatic heterocycles. The SMILES string of the molecule is Cn1cc(S(=O)(=O)Nc2ccc(Cl)c3cccnc23)cc1C(N)=O. The van der Waals surface area contributed by atoms with Gasteiger partial charge >= 0.3 is 0 Å². The zero-order chi connectivity index (χ0) is 17.5. The van der Waals surface area contributed by atoms with Crippen LogP contribution in [0.2, 0.25) is 5.02 Å². The minimum Gasteiger partial charge on any atom is -0.364 e. The lowest BCUT2D eigenvalue weighted by Gasteiger charge is -2.10. The van der Waals surface area contributed by atoms with Gasteiger partial charge in [0.25, 0.3) is 15.9 Å². The summed E-state index contributed by atoms with van der Waals surface area (Å²) in [6.45, 7) is 0. The molecule has 0 saturated heterocycles. The first-order valence-electron chi connectivity index (χ1n) is 6.82. The van der Waals surface area contributed by atoms with E-state index in [-0.39, 0.29) is 10.6 Å². The molecule has 0 bridgehead atoms. The number of carbonyl (C=O) groups is 1. The summed E-state index contributed by atoms with van der Waals surface area (Å²) in [7, 11) is -2.37. The fourth-order valence-corrected chi connectivity index (χ4v) is 3.70. The summed E-state index contributed by atoms with van der Waals surface area (Å²) in [5.74, 6) is -0.711. The van der Waals surface area contributed by atoms with E-state index in [1.165, 1.54) is 22.9 Å². The number of sulfonamides is 1. The quantitative estimate of drug-likeness (QED) is 0.739. The van der Waals surface area contributed by atoms with Gasteiger partial charge in [-0.1, -0.05) is 11.6 Å². The van der Waals surface area contributed by atoms with E-state index in [2.05, 4.69) is 9.71 Å². The highest BCUT2D eigenvalue weighted by molar-refractivity contribution is 7.92. The second-order valence-corrected chi connectivity index (χ2v) is 7.23. The lowest BCUT2D eigenvalue weighted by atomic mass is 10.2. The number of primary amides is 1. The Morgan fingerprint density at radius 1 is 1.33 bits per heavy atom. The van der Waals surface area contributed by atoms with Crippen molar-refractivity contribution in [3.63, 3.8) is 0 Å². The van der Waals surface area contributed by atoms with Crippen LogP contribution in [0.25, 0.3) is 10.9 Å². The first-order chi connectivity index (χ1) is 11.3. The number of anilines is 1. The van der Waals surface area contributed by atoms with E-state index in [1.807, 2.05) is 0 Å². The number of aromatic nitrogens is 2. The van der Waals surface area contributed by atoms with Crippen LogP contribution in [-0.2, 0) is 17.1 Å². The monoisotopic (exact) mass is 364 g/mol. The molecular weight excluding hydrogens is 352 g/mol. The van der Waals surface area contributed by atoms with Crippen LogP contribution in [0.1, 0.15) is 10.5 Å². The second-order valence-electron chi connectivity index (χ2n) is 5.14. The molecule has 0 atom stereocenters. The van der Waals surface area contributed by atoms with Gasteiger partial charge in [0.15, 0.2) is 0 Å². The molecule has 0 aliphatic rings. The third kappa shape index (κ3) is 2.81. The highest BCUT2D eigenvalue weighted by Crippen LogP contribution is 2.29. The van der Waals surface area contributed by atoms with Crippen LogP contribution in [0.3, 0.4) is 0 Å². The van der Waals surface area contributed by atoms with E-state index in [0.717, 1.165) is 0 Å². The fourth-order valence-electron chi connectivity index (χ4n) is 2.35. The summed E-state index contributed by atoms with van der Waals surface area (Å²) in [6, 6.07) is 7.80. The summed E-state index contributed by atoms with van der Waals surface area (Å²) in [5, 5.41) is 1.10. The Morgan fingerprint density at radius 3 is 2.75 bits per heavy atom. The minimum absolute atomic E-state index is 0.0715. The first-order valence-corrected chi connectivity index (χ1v) is 8.68. The van der Waals surface area contributed by atoms with Gasteiger partial charge in [-0.3, -0.25) is 14.5 Å². The highest BCUT2D eigenvalue weighted by atomic mass is 35.5. The molecule has 0 aliphatic carbocycles. The number of carbonyl (C=O) groups excluding carboxylic acids is 1. The number of rotatable bonds is 4.